The fourth-order valence-electron chi connectivity index (χ4n) is 3.71. The molecule has 0 bridgehead atoms. The van der Waals surface area contributed by atoms with Crippen LogP contribution in [0.5, 0.6) is 0 Å². The molecule has 0 spiro atoms. The fourth-order valence-corrected chi connectivity index (χ4v) is 3.71. The van der Waals surface area contributed by atoms with Gasteiger partial charge < -0.3 is 14.0 Å². The highest BCUT2D eigenvalue weighted by Gasteiger charge is 2.29. The number of esters is 1. The SMILES string of the molecule is Cc1onc(C2CCCCC2)c1C(=O)OCCN1CCOCC1C. The number of nitrogens with zero attached hydrogens (tertiary/aromatic N) is 2. The Balaban J connectivity index is 1.57. The second kappa shape index (κ2) is 8.12. The summed E-state index contributed by atoms with van der Waals surface area (Å²) in [5.74, 6) is 0.605. The normalized spacial score (nSPS) is 23.3. The Morgan fingerprint density at radius 3 is 2.88 bits per heavy atom. The largest absolute Gasteiger partial charge is 0.461 e. The van der Waals surface area contributed by atoms with E-state index in [0.717, 1.165) is 44.8 Å². The summed E-state index contributed by atoms with van der Waals surface area (Å²) in [5.41, 5.74) is 1.36. The average Bonchev–Trinajstić information content (AvgIpc) is 2.99. The maximum absolute atomic E-state index is 12.5. The van der Waals surface area contributed by atoms with Crippen molar-refractivity contribution in [3.63, 3.8) is 0 Å². The Morgan fingerprint density at radius 1 is 1.33 bits per heavy atom. The van der Waals surface area contributed by atoms with E-state index in [9.17, 15) is 4.79 Å². The molecule has 1 saturated heterocycles. The van der Waals surface area contributed by atoms with Gasteiger partial charge in [0.2, 0.25) is 0 Å². The van der Waals surface area contributed by atoms with Crippen molar-refractivity contribution < 1.29 is 18.8 Å². The van der Waals surface area contributed by atoms with Crippen LogP contribution in [0.1, 0.15) is 66.8 Å². The Labute approximate surface area is 143 Å². The molecule has 2 heterocycles. The monoisotopic (exact) mass is 336 g/mol. The van der Waals surface area contributed by atoms with E-state index >= 15 is 0 Å². The lowest BCUT2D eigenvalue weighted by molar-refractivity contribution is -0.0111. The smallest absolute Gasteiger partial charge is 0.343 e. The van der Waals surface area contributed by atoms with Crippen LogP contribution in [0.4, 0.5) is 0 Å². The summed E-state index contributed by atoms with van der Waals surface area (Å²) in [6, 6.07) is 0.368. The zero-order chi connectivity index (χ0) is 16.9. The van der Waals surface area contributed by atoms with Gasteiger partial charge in [0.25, 0.3) is 0 Å². The van der Waals surface area contributed by atoms with Gasteiger partial charge in [-0.1, -0.05) is 24.4 Å². The summed E-state index contributed by atoms with van der Waals surface area (Å²) in [4.78, 5) is 14.8. The van der Waals surface area contributed by atoms with Crippen LogP contribution in [-0.2, 0) is 9.47 Å². The van der Waals surface area contributed by atoms with Crippen molar-refractivity contribution in [3.05, 3.63) is 17.0 Å². The number of hydrogen-bond acceptors (Lipinski definition) is 6. The molecular weight excluding hydrogens is 308 g/mol. The van der Waals surface area contributed by atoms with Crippen molar-refractivity contribution in [2.45, 2.75) is 57.9 Å². The Kier molecular flexibility index (Phi) is 5.89. The summed E-state index contributed by atoms with van der Waals surface area (Å²) in [6.07, 6.45) is 5.82. The van der Waals surface area contributed by atoms with Gasteiger partial charge in [-0.2, -0.15) is 0 Å². The van der Waals surface area contributed by atoms with Crippen LogP contribution in [0.3, 0.4) is 0 Å². The molecule has 2 aliphatic rings. The second-order valence-electron chi connectivity index (χ2n) is 6.93. The van der Waals surface area contributed by atoms with E-state index in [0.29, 0.717) is 29.9 Å². The molecule has 1 saturated carbocycles. The van der Waals surface area contributed by atoms with E-state index in [1.54, 1.807) is 6.92 Å². The first-order valence-electron chi connectivity index (χ1n) is 9.12. The lowest BCUT2D eigenvalue weighted by Crippen LogP contribution is -2.45. The number of ether oxygens (including phenoxy) is 2. The number of rotatable bonds is 5. The van der Waals surface area contributed by atoms with Crippen LogP contribution in [-0.4, -0.2) is 55.0 Å². The summed E-state index contributed by atoms with van der Waals surface area (Å²) < 4.78 is 16.3. The molecule has 1 aliphatic heterocycles. The van der Waals surface area contributed by atoms with E-state index in [-0.39, 0.29) is 5.97 Å². The molecule has 2 fully saturated rings. The number of carbonyl (C=O) groups excluding carboxylic acids is 1. The van der Waals surface area contributed by atoms with Gasteiger partial charge in [0.1, 0.15) is 23.6 Å². The third-order valence-corrected chi connectivity index (χ3v) is 5.20. The van der Waals surface area contributed by atoms with Gasteiger partial charge in [-0.05, 0) is 26.7 Å². The van der Waals surface area contributed by atoms with Crippen molar-refractivity contribution in [3.8, 4) is 0 Å². The minimum absolute atomic E-state index is 0.296. The average molecular weight is 336 g/mol. The number of carbonyl (C=O) groups is 1. The first kappa shape index (κ1) is 17.4. The molecule has 0 N–H and O–H groups in total. The highest BCUT2D eigenvalue weighted by atomic mass is 16.5. The number of hydrogen-bond donors (Lipinski definition) is 0. The van der Waals surface area contributed by atoms with Crippen LogP contribution >= 0.6 is 0 Å². The van der Waals surface area contributed by atoms with Crippen molar-refractivity contribution in [2.24, 2.45) is 0 Å². The fraction of sp³-hybridized carbons (Fsp3) is 0.778. The molecule has 1 aromatic rings. The summed E-state index contributed by atoms with van der Waals surface area (Å²) >= 11 is 0. The molecular formula is C18H28N2O4. The maximum Gasteiger partial charge on any atom is 0.343 e. The summed E-state index contributed by atoms with van der Waals surface area (Å²) in [6.45, 7) is 7.42. The zero-order valence-electron chi connectivity index (χ0n) is 14.8. The predicted molar refractivity (Wildman–Crippen MR) is 89.2 cm³/mol. The number of morpholine rings is 1. The molecule has 24 heavy (non-hydrogen) atoms. The minimum atomic E-state index is -0.296. The van der Waals surface area contributed by atoms with Crippen molar-refractivity contribution in [1.29, 1.82) is 0 Å². The number of aryl methyl sites for hydroxylation is 1. The van der Waals surface area contributed by atoms with Crippen molar-refractivity contribution >= 4 is 5.97 Å². The van der Waals surface area contributed by atoms with Gasteiger partial charge in [0.15, 0.2) is 0 Å². The summed E-state index contributed by atoms with van der Waals surface area (Å²) in [5, 5.41) is 4.17. The van der Waals surface area contributed by atoms with Gasteiger partial charge in [-0.15, -0.1) is 0 Å². The van der Waals surface area contributed by atoms with Crippen molar-refractivity contribution in [2.75, 3.05) is 32.9 Å². The van der Waals surface area contributed by atoms with Crippen molar-refractivity contribution in [1.82, 2.24) is 10.1 Å². The molecule has 3 rings (SSSR count). The first-order valence-corrected chi connectivity index (χ1v) is 9.12. The van der Waals surface area contributed by atoms with Gasteiger partial charge in [0.05, 0.1) is 13.2 Å². The van der Waals surface area contributed by atoms with Gasteiger partial charge in [0, 0.05) is 25.0 Å². The van der Waals surface area contributed by atoms with Crippen LogP contribution in [0.15, 0.2) is 4.52 Å². The van der Waals surface area contributed by atoms with E-state index < -0.39 is 0 Å². The lowest BCUT2D eigenvalue weighted by Gasteiger charge is -2.32. The van der Waals surface area contributed by atoms with E-state index in [1.165, 1.54) is 19.3 Å². The van der Waals surface area contributed by atoms with Crippen LogP contribution < -0.4 is 0 Å². The quantitative estimate of drug-likeness (QED) is 0.770. The van der Waals surface area contributed by atoms with Crippen LogP contribution in [0, 0.1) is 6.92 Å². The topological polar surface area (TPSA) is 64.8 Å². The molecule has 6 nitrogen and oxygen atoms in total. The number of aromatic nitrogens is 1. The van der Waals surface area contributed by atoms with Gasteiger partial charge in [-0.3, -0.25) is 4.90 Å². The molecule has 0 amide bonds. The predicted octanol–water partition coefficient (Wildman–Crippen LogP) is 2.91. The molecule has 0 aromatic carbocycles. The highest BCUT2D eigenvalue weighted by molar-refractivity contribution is 5.91. The van der Waals surface area contributed by atoms with Crippen LogP contribution in [0.2, 0.25) is 0 Å². The second-order valence-corrected chi connectivity index (χ2v) is 6.93. The molecule has 0 radical (unpaired) electrons. The van der Waals surface area contributed by atoms with Gasteiger partial charge >= 0.3 is 5.97 Å². The van der Waals surface area contributed by atoms with E-state index in [4.69, 9.17) is 14.0 Å². The van der Waals surface area contributed by atoms with Gasteiger partial charge in [-0.25, -0.2) is 4.79 Å². The van der Waals surface area contributed by atoms with E-state index in [2.05, 4.69) is 17.0 Å². The zero-order valence-corrected chi connectivity index (χ0v) is 14.8. The maximum atomic E-state index is 12.5. The molecule has 1 aliphatic carbocycles. The first-order chi connectivity index (χ1) is 11.7. The Bertz CT molecular complexity index is 551. The standard InChI is InChI=1S/C18H28N2O4/c1-13-12-22-10-8-20(13)9-11-23-18(21)16-14(2)24-19-17(16)15-6-4-3-5-7-15/h13,15H,3-12H2,1-2H3. The molecule has 1 unspecified atom stereocenters. The molecule has 1 aromatic heterocycles. The molecule has 1 atom stereocenters. The van der Waals surface area contributed by atoms with E-state index in [1.807, 2.05) is 0 Å². The summed E-state index contributed by atoms with van der Waals surface area (Å²) in [7, 11) is 0. The third-order valence-electron chi connectivity index (χ3n) is 5.20. The molecule has 6 heteroatoms. The molecule has 134 valence electrons. The Morgan fingerprint density at radius 2 is 2.12 bits per heavy atom. The Hall–Kier alpha value is -1.40. The lowest BCUT2D eigenvalue weighted by atomic mass is 9.85. The minimum Gasteiger partial charge on any atom is -0.461 e. The third kappa shape index (κ3) is 3.98. The van der Waals surface area contributed by atoms with Crippen LogP contribution in [0.25, 0.3) is 0 Å². The highest BCUT2D eigenvalue weighted by Crippen LogP contribution is 2.34.